The molecule has 0 saturated carbocycles. The van der Waals surface area contributed by atoms with Crippen LogP contribution >= 0.6 is 7.82 Å². The summed E-state index contributed by atoms with van der Waals surface area (Å²) in [5.74, 6) is -0.0160. The Morgan fingerprint density at radius 2 is 1.80 bits per heavy atom. The van der Waals surface area contributed by atoms with Crippen LogP contribution in [0.3, 0.4) is 0 Å². The largest absolute Gasteiger partial charge is 1.00 e. The van der Waals surface area contributed by atoms with Crippen molar-refractivity contribution in [3.63, 3.8) is 0 Å². The summed E-state index contributed by atoms with van der Waals surface area (Å²) < 4.78 is 26.6. The number of aromatic nitrogens is 1. The second kappa shape index (κ2) is 18.5. The number of urea groups is 1. The molecule has 0 spiro atoms. The number of rotatable bonds is 12. The Bertz CT molecular complexity index is 1700. The predicted molar refractivity (Wildman–Crippen MR) is 168 cm³/mol. The molecule has 1 aromatic heterocycles. The van der Waals surface area contributed by atoms with Gasteiger partial charge in [0.25, 0.3) is 0 Å². The van der Waals surface area contributed by atoms with Crippen LogP contribution in [0.1, 0.15) is 16.8 Å². The van der Waals surface area contributed by atoms with Crippen LogP contribution in [0.4, 0.5) is 4.79 Å². The first-order valence-electron chi connectivity index (χ1n) is 15.0. The maximum atomic E-state index is 14.3. The number of phosphoric ester groups is 1. The number of piperazine rings is 1. The third-order valence-electron chi connectivity index (χ3n) is 7.94. The molecule has 18 heteroatoms. The van der Waals surface area contributed by atoms with Crippen molar-refractivity contribution >= 4 is 25.7 Å². The second-order valence-electron chi connectivity index (χ2n) is 11.0. The molecule has 0 aliphatic carbocycles. The van der Waals surface area contributed by atoms with Crippen molar-refractivity contribution in [2.24, 2.45) is 0 Å². The van der Waals surface area contributed by atoms with E-state index in [1.807, 2.05) is 0 Å². The maximum Gasteiger partial charge on any atom is 1.00 e. The Morgan fingerprint density at radius 1 is 1.06 bits per heavy atom. The number of carbonyl (C=O) groups excluding carboxylic acids is 3. The quantitative estimate of drug-likeness (QED) is 0.108. The third-order valence-corrected chi connectivity index (χ3v) is 8.37. The van der Waals surface area contributed by atoms with Crippen molar-refractivity contribution in [2.45, 2.75) is 31.7 Å². The number of pyridine rings is 1. The molecular weight excluding hydrogens is 689 g/mol. The maximum absolute atomic E-state index is 14.3. The standard InChI is InChI=1S/C32H37N6O9P.2Na/c1-4-16-36-21-29(39)37-26(17-22-11-13-25(14-12-22)47-48(42,43)44)31(40)35(19-23-8-7-10-27(45-2)30(23)46-3)20-28(37)38(36)32(41)34-18-24-9-5-6-15-33-24;;/h4-15,26,28H,1,16-21H2,2-3H3,(H,34,41)(H2,42,43,44);;/q;2*+1/p-2/t26-,28-;;/m0../s1. The molecule has 3 aromatic rings. The van der Waals surface area contributed by atoms with Crippen molar-refractivity contribution in [1.82, 2.24) is 30.1 Å². The van der Waals surface area contributed by atoms with Gasteiger partial charge in [0.05, 0.1) is 39.5 Å². The molecule has 1 N–H and O–H groups in total. The van der Waals surface area contributed by atoms with Crippen LogP contribution < -0.4 is 88.2 Å². The molecule has 254 valence electrons. The van der Waals surface area contributed by atoms with E-state index in [-0.39, 0.29) is 116 Å². The fourth-order valence-corrected chi connectivity index (χ4v) is 6.30. The Labute approximate surface area is 334 Å². The molecule has 3 heterocycles. The van der Waals surface area contributed by atoms with Crippen LogP contribution in [-0.2, 0) is 33.7 Å². The number of amides is 4. The number of benzene rings is 2. The number of phosphoric acid groups is 1. The molecule has 2 aromatic carbocycles. The van der Waals surface area contributed by atoms with Crippen molar-refractivity contribution in [3.8, 4) is 17.2 Å². The zero-order chi connectivity index (χ0) is 34.4. The minimum absolute atomic E-state index is 0. The summed E-state index contributed by atoms with van der Waals surface area (Å²) in [4.78, 5) is 71.5. The minimum Gasteiger partial charge on any atom is -0.780 e. The molecule has 15 nitrogen and oxygen atoms in total. The van der Waals surface area contributed by atoms with E-state index < -0.39 is 26.1 Å². The van der Waals surface area contributed by atoms with Crippen molar-refractivity contribution in [2.75, 3.05) is 33.9 Å². The fraction of sp³-hybridized carbons (Fsp3) is 0.312. The third kappa shape index (κ3) is 9.88. The summed E-state index contributed by atoms with van der Waals surface area (Å²) in [7, 11) is -2.27. The van der Waals surface area contributed by atoms with Crippen molar-refractivity contribution in [1.29, 1.82) is 0 Å². The zero-order valence-electron chi connectivity index (χ0n) is 28.4. The van der Waals surface area contributed by atoms with E-state index in [0.717, 1.165) is 0 Å². The summed E-state index contributed by atoms with van der Waals surface area (Å²) in [6.07, 6.45) is 2.31. The first kappa shape index (κ1) is 41.5. The predicted octanol–water partition coefficient (Wildman–Crippen LogP) is -4.95. The van der Waals surface area contributed by atoms with Crippen LogP contribution in [0.25, 0.3) is 0 Å². The van der Waals surface area contributed by atoms with E-state index in [1.165, 1.54) is 48.4 Å². The molecular formula is C32H35N6Na2O9P. The van der Waals surface area contributed by atoms with Crippen LogP contribution in [0, 0.1) is 0 Å². The van der Waals surface area contributed by atoms with Crippen LogP contribution in [0.15, 0.2) is 79.5 Å². The molecule has 2 aliphatic rings. The van der Waals surface area contributed by atoms with Crippen LogP contribution in [0.2, 0.25) is 0 Å². The molecule has 2 saturated heterocycles. The number of para-hydroxylation sites is 1. The fourth-order valence-electron chi connectivity index (χ4n) is 5.92. The Hall–Kier alpha value is -2.95. The summed E-state index contributed by atoms with van der Waals surface area (Å²) in [6, 6.07) is 14.7. The summed E-state index contributed by atoms with van der Waals surface area (Å²) in [5, 5.41) is 5.91. The average molecular weight is 725 g/mol. The molecule has 0 radical (unpaired) electrons. The van der Waals surface area contributed by atoms with Gasteiger partial charge in [-0.15, -0.1) is 6.58 Å². The SMILES string of the molecule is C=CCN1CC(=O)N2[C@@H](Cc3ccc(OP(=O)([O-])[O-])cc3)C(=O)N(Cc3cccc(OC)c3OC)C[C@@H]2N1C(=O)NCc1ccccn1.[Na+].[Na+]. The number of ether oxygens (including phenoxy) is 2. The first-order chi connectivity index (χ1) is 23.0. The minimum atomic E-state index is -5.28. The summed E-state index contributed by atoms with van der Waals surface area (Å²) in [6.45, 7) is 3.96. The van der Waals surface area contributed by atoms with Crippen molar-refractivity contribution < 1.29 is 102 Å². The molecule has 0 unspecified atom stereocenters. The molecule has 2 atom stereocenters. The van der Waals surface area contributed by atoms with Gasteiger partial charge in [-0.1, -0.05) is 36.4 Å². The monoisotopic (exact) mass is 724 g/mol. The normalized spacial score (nSPS) is 17.6. The number of carbonyl (C=O) groups is 3. The van der Waals surface area contributed by atoms with E-state index in [4.69, 9.17) is 9.47 Å². The molecule has 0 bridgehead atoms. The summed E-state index contributed by atoms with van der Waals surface area (Å²) in [5.41, 5.74) is 1.83. The van der Waals surface area contributed by atoms with Gasteiger partial charge in [0, 0.05) is 31.3 Å². The Balaban J connectivity index is 0.00000338. The van der Waals surface area contributed by atoms with Gasteiger partial charge < -0.3 is 43.5 Å². The van der Waals surface area contributed by atoms with Gasteiger partial charge in [-0.25, -0.2) is 14.8 Å². The molecule has 50 heavy (non-hydrogen) atoms. The molecule has 4 amide bonds. The molecule has 2 fully saturated rings. The van der Waals surface area contributed by atoms with Crippen LogP contribution in [0.5, 0.6) is 17.2 Å². The van der Waals surface area contributed by atoms with Crippen molar-refractivity contribution in [3.05, 3.63) is 96.3 Å². The Morgan fingerprint density at radius 3 is 2.42 bits per heavy atom. The second-order valence-corrected chi connectivity index (χ2v) is 12.1. The summed E-state index contributed by atoms with van der Waals surface area (Å²) >= 11 is 0. The number of hydrogen-bond acceptors (Lipinski definition) is 11. The average Bonchev–Trinajstić information content (AvgIpc) is 3.06. The first-order valence-corrected chi connectivity index (χ1v) is 16.4. The zero-order valence-corrected chi connectivity index (χ0v) is 33.3. The van der Waals surface area contributed by atoms with E-state index in [0.29, 0.717) is 28.3 Å². The number of hydrogen-bond donors (Lipinski definition) is 1. The number of hydrazine groups is 1. The van der Waals surface area contributed by atoms with Gasteiger partial charge in [0.2, 0.25) is 11.8 Å². The van der Waals surface area contributed by atoms with Gasteiger partial charge in [-0.2, -0.15) is 0 Å². The smallest absolute Gasteiger partial charge is 0.780 e. The van der Waals surface area contributed by atoms with Gasteiger partial charge in [-0.05, 0) is 35.9 Å². The van der Waals surface area contributed by atoms with Gasteiger partial charge in [0.15, 0.2) is 11.5 Å². The molecule has 2 aliphatic heterocycles. The van der Waals surface area contributed by atoms with E-state index in [9.17, 15) is 28.7 Å². The Kier molecular flexibility index (Phi) is 15.4. The van der Waals surface area contributed by atoms with Gasteiger partial charge in [0.1, 0.15) is 25.8 Å². The van der Waals surface area contributed by atoms with Gasteiger partial charge >= 0.3 is 65.1 Å². The van der Waals surface area contributed by atoms with E-state index >= 15 is 0 Å². The van der Waals surface area contributed by atoms with Gasteiger partial charge in [-0.3, -0.25) is 14.6 Å². The molecule has 5 rings (SSSR count). The topological polar surface area (TPSA) is 180 Å². The number of methoxy groups -OCH3 is 2. The van der Waals surface area contributed by atoms with E-state index in [2.05, 4.69) is 21.4 Å². The van der Waals surface area contributed by atoms with E-state index in [1.54, 1.807) is 58.6 Å². The van der Waals surface area contributed by atoms with Crippen LogP contribution in [-0.4, -0.2) is 88.7 Å². The number of fused-ring (bicyclic) bond motifs is 1. The number of nitrogens with zero attached hydrogens (tertiary/aromatic N) is 5. The number of nitrogens with one attached hydrogen (secondary N) is 1.